The molecule has 2 nitrogen and oxygen atoms in total. The Labute approximate surface area is 101 Å². The normalized spacial score (nSPS) is 13.0. The Hall–Kier alpha value is -0.310. The Kier molecular flexibility index (Phi) is 5.99. The molecule has 1 rings (SSSR count). The number of hydrogen-bond donors (Lipinski definition) is 0. The van der Waals surface area contributed by atoms with Gasteiger partial charge in [-0.1, -0.05) is 36.2 Å². The number of nitrogens with zero attached hydrogens (tertiary/aromatic N) is 2. The van der Waals surface area contributed by atoms with E-state index in [0.717, 1.165) is 19.4 Å². The van der Waals surface area contributed by atoms with E-state index in [9.17, 15) is 0 Å². The average molecular weight is 273 g/mol. The maximum absolute atomic E-state index is 4.33. The molecule has 0 aliphatic carbocycles. The van der Waals surface area contributed by atoms with Crippen molar-refractivity contribution in [3.05, 3.63) is 18.0 Å². The number of rotatable bonds is 7. The van der Waals surface area contributed by atoms with E-state index in [0.29, 0.717) is 4.83 Å². The topological polar surface area (TPSA) is 17.8 Å². The van der Waals surface area contributed by atoms with Crippen LogP contribution in [0, 0.1) is 0 Å². The Morgan fingerprint density at radius 3 is 2.80 bits per heavy atom. The molecule has 0 N–H and O–H groups in total. The van der Waals surface area contributed by atoms with Crippen LogP contribution in [-0.4, -0.2) is 14.6 Å². The Morgan fingerprint density at radius 2 is 2.13 bits per heavy atom. The summed E-state index contributed by atoms with van der Waals surface area (Å²) in [5.74, 6) is 0. The second-order valence-electron chi connectivity index (χ2n) is 4.04. The summed E-state index contributed by atoms with van der Waals surface area (Å²) in [6, 6.07) is 0. The first-order chi connectivity index (χ1) is 7.26. The van der Waals surface area contributed by atoms with E-state index in [1.807, 2.05) is 10.9 Å². The molecule has 1 aromatic rings. The van der Waals surface area contributed by atoms with Crippen LogP contribution in [0.4, 0.5) is 0 Å². The van der Waals surface area contributed by atoms with Crippen LogP contribution in [0.2, 0.25) is 0 Å². The third-order valence-electron chi connectivity index (χ3n) is 2.49. The molecule has 1 unspecified atom stereocenters. The smallest absolute Gasteiger partial charge is 0.0521 e. The Balaban J connectivity index is 2.30. The molecule has 0 bridgehead atoms. The monoisotopic (exact) mass is 272 g/mol. The molecule has 0 aromatic carbocycles. The molecule has 0 fully saturated rings. The van der Waals surface area contributed by atoms with Gasteiger partial charge in [-0.15, -0.1) is 0 Å². The van der Waals surface area contributed by atoms with E-state index >= 15 is 0 Å². The van der Waals surface area contributed by atoms with Crippen molar-refractivity contribution in [1.29, 1.82) is 0 Å². The van der Waals surface area contributed by atoms with Crippen LogP contribution >= 0.6 is 15.9 Å². The fourth-order valence-corrected chi connectivity index (χ4v) is 2.35. The molecule has 0 aliphatic heterocycles. The van der Waals surface area contributed by atoms with Crippen LogP contribution in [0.15, 0.2) is 12.4 Å². The highest BCUT2D eigenvalue weighted by Gasteiger charge is 2.04. The molecule has 0 radical (unpaired) electrons. The summed E-state index contributed by atoms with van der Waals surface area (Å²) in [5, 5.41) is 4.33. The van der Waals surface area contributed by atoms with Gasteiger partial charge in [-0.05, 0) is 31.2 Å². The lowest BCUT2D eigenvalue weighted by Crippen LogP contribution is -1.99. The van der Waals surface area contributed by atoms with Crippen molar-refractivity contribution < 1.29 is 0 Å². The van der Waals surface area contributed by atoms with Gasteiger partial charge in [0, 0.05) is 17.6 Å². The highest BCUT2D eigenvalue weighted by molar-refractivity contribution is 9.09. The van der Waals surface area contributed by atoms with Gasteiger partial charge in [-0.25, -0.2) is 0 Å². The van der Waals surface area contributed by atoms with Crippen LogP contribution < -0.4 is 0 Å². The molecule has 0 aliphatic rings. The lowest BCUT2D eigenvalue weighted by Gasteiger charge is -2.05. The summed E-state index contributed by atoms with van der Waals surface area (Å²) >= 11 is 3.71. The van der Waals surface area contributed by atoms with Crippen LogP contribution in [0.25, 0.3) is 0 Å². The number of aromatic nitrogens is 2. The highest BCUT2D eigenvalue weighted by atomic mass is 79.9. The minimum atomic E-state index is 0.664. The first kappa shape index (κ1) is 12.8. The summed E-state index contributed by atoms with van der Waals surface area (Å²) in [6.45, 7) is 5.44. The van der Waals surface area contributed by atoms with E-state index in [1.54, 1.807) is 0 Å². The third-order valence-corrected chi connectivity index (χ3v) is 3.40. The lowest BCUT2D eigenvalue weighted by molar-refractivity contribution is 0.601. The molecule has 86 valence electrons. The van der Waals surface area contributed by atoms with Gasteiger partial charge in [0.2, 0.25) is 0 Å². The SMILES string of the molecule is CCCC(Br)CCc1cnn(CCC)c1. The van der Waals surface area contributed by atoms with Crippen LogP contribution in [0.3, 0.4) is 0 Å². The van der Waals surface area contributed by atoms with E-state index < -0.39 is 0 Å². The molecule has 0 spiro atoms. The quantitative estimate of drug-likeness (QED) is 0.691. The van der Waals surface area contributed by atoms with Crippen molar-refractivity contribution in [2.24, 2.45) is 0 Å². The molecule has 0 amide bonds. The Bertz CT molecular complexity index is 270. The fourth-order valence-electron chi connectivity index (χ4n) is 1.67. The second kappa shape index (κ2) is 7.04. The lowest BCUT2D eigenvalue weighted by atomic mass is 10.1. The van der Waals surface area contributed by atoms with Crippen LogP contribution in [0.1, 0.15) is 45.1 Å². The molecule has 0 saturated heterocycles. The van der Waals surface area contributed by atoms with Gasteiger partial charge in [0.05, 0.1) is 6.20 Å². The summed E-state index contributed by atoms with van der Waals surface area (Å²) < 4.78 is 2.04. The minimum absolute atomic E-state index is 0.664. The van der Waals surface area contributed by atoms with Crippen molar-refractivity contribution in [2.45, 2.75) is 57.3 Å². The van der Waals surface area contributed by atoms with Gasteiger partial charge in [0.1, 0.15) is 0 Å². The predicted molar refractivity (Wildman–Crippen MR) is 68.5 cm³/mol. The number of halogens is 1. The molecular formula is C12H21BrN2. The van der Waals surface area contributed by atoms with Gasteiger partial charge in [-0.3, -0.25) is 4.68 Å². The average Bonchev–Trinajstić information content (AvgIpc) is 2.64. The maximum atomic E-state index is 4.33. The summed E-state index contributed by atoms with van der Waals surface area (Å²) in [4.78, 5) is 0.664. The zero-order valence-corrected chi connectivity index (χ0v) is 11.3. The number of aryl methyl sites for hydroxylation is 2. The van der Waals surface area contributed by atoms with Crippen LogP contribution in [-0.2, 0) is 13.0 Å². The first-order valence-corrected chi connectivity index (χ1v) is 6.83. The first-order valence-electron chi connectivity index (χ1n) is 5.91. The summed E-state index contributed by atoms with van der Waals surface area (Å²) in [6.07, 6.45) is 10.2. The number of alkyl halides is 1. The standard InChI is InChI=1S/C12H21BrN2/c1-3-5-12(13)7-6-11-9-14-15(10-11)8-4-2/h9-10,12H,3-8H2,1-2H3. The molecule has 1 aromatic heterocycles. The van der Waals surface area contributed by atoms with Crippen LogP contribution in [0.5, 0.6) is 0 Å². The third kappa shape index (κ3) is 4.83. The van der Waals surface area contributed by atoms with Gasteiger partial charge < -0.3 is 0 Å². The molecular weight excluding hydrogens is 252 g/mol. The second-order valence-corrected chi connectivity index (χ2v) is 5.33. The van der Waals surface area contributed by atoms with Crippen molar-refractivity contribution in [2.75, 3.05) is 0 Å². The van der Waals surface area contributed by atoms with Gasteiger partial charge in [-0.2, -0.15) is 5.10 Å². The summed E-state index contributed by atoms with van der Waals surface area (Å²) in [5.41, 5.74) is 1.36. The molecule has 15 heavy (non-hydrogen) atoms. The van der Waals surface area contributed by atoms with Crippen molar-refractivity contribution >= 4 is 15.9 Å². The molecule has 0 saturated carbocycles. The maximum Gasteiger partial charge on any atom is 0.0521 e. The molecule has 1 heterocycles. The largest absolute Gasteiger partial charge is 0.272 e. The zero-order valence-electron chi connectivity index (χ0n) is 9.75. The van der Waals surface area contributed by atoms with Crippen molar-refractivity contribution in [3.63, 3.8) is 0 Å². The fraction of sp³-hybridized carbons (Fsp3) is 0.750. The van der Waals surface area contributed by atoms with Crippen molar-refractivity contribution in [1.82, 2.24) is 9.78 Å². The highest BCUT2D eigenvalue weighted by Crippen LogP contribution is 2.15. The van der Waals surface area contributed by atoms with Gasteiger partial charge >= 0.3 is 0 Å². The minimum Gasteiger partial charge on any atom is -0.272 e. The van der Waals surface area contributed by atoms with Gasteiger partial charge in [0.25, 0.3) is 0 Å². The molecule has 1 atom stereocenters. The number of hydrogen-bond acceptors (Lipinski definition) is 1. The molecule has 3 heteroatoms. The zero-order chi connectivity index (χ0) is 11.1. The van der Waals surface area contributed by atoms with E-state index in [2.05, 4.69) is 41.1 Å². The predicted octanol–water partition coefficient (Wildman–Crippen LogP) is 3.79. The van der Waals surface area contributed by atoms with E-state index in [1.165, 1.54) is 24.8 Å². The van der Waals surface area contributed by atoms with E-state index in [-0.39, 0.29) is 0 Å². The van der Waals surface area contributed by atoms with Crippen molar-refractivity contribution in [3.8, 4) is 0 Å². The Morgan fingerprint density at radius 1 is 1.33 bits per heavy atom. The van der Waals surface area contributed by atoms with E-state index in [4.69, 9.17) is 0 Å². The van der Waals surface area contributed by atoms with Gasteiger partial charge in [0.15, 0.2) is 0 Å². The summed E-state index contributed by atoms with van der Waals surface area (Å²) in [7, 11) is 0.